The molecule has 2 aromatic carbocycles. The van der Waals surface area contributed by atoms with Crippen molar-refractivity contribution >= 4 is 50.2 Å². The predicted octanol–water partition coefficient (Wildman–Crippen LogP) is 5.59. The number of phenols is 1. The number of thiophene rings is 2. The van der Waals surface area contributed by atoms with Crippen LogP contribution in [-0.4, -0.2) is 70.1 Å². The van der Waals surface area contributed by atoms with Crippen molar-refractivity contribution in [1.29, 1.82) is 0 Å². The Morgan fingerprint density at radius 1 is 1.08 bits per heavy atom. The van der Waals surface area contributed by atoms with Gasteiger partial charge in [-0.05, 0) is 73.0 Å². The number of carbonyl (C=O) groups is 1. The number of H-pyrrole nitrogens is 1. The quantitative estimate of drug-likeness (QED) is 0.0687. The lowest BCUT2D eigenvalue weighted by molar-refractivity contribution is -0.164. The van der Waals surface area contributed by atoms with Crippen LogP contribution in [0.2, 0.25) is 0 Å². The van der Waals surface area contributed by atoms with Crippen molar-refractivity contribution in [1.82, 2.24) is 15.2 Å². The molecule has 50 heavy (non-hydrogen) atoms. The number of nitrogens with zero attached hydrogens (tertiary/aromatic N) is 1. The zero-order valence-electron chi connectivity index (χ0n) is 27.6. The van der Waals surface area contributed by atoms with Crippen LogP contribution in [-0.2, 0) is 21.7 Å². The normalized spacial score (nSPS) is 20.9. The second kappa shape index (κ2) is 15.0. The van der Waals surface area contributed by atoms with Gasteiger partial charge >= 0.3 is 10.8 Å². The highest BCUT2D eigenvalue weighted by atomic mass is 32.1. The Morgan fingerprint density at radius 3 is 2.52 bits per heavy atom. The van der Waals surface area contributed by atoms with Crippen LogP contribution in [0.15, 0.2) is 76.2 Å². The minimum absolute atomic E-state index is 0.0128. The lowest BCUT2D eigenvalue weighted by Gasteiger charge is -2.31. The summed E-state index contributed by atoms with van der Waals surface area (Å²) in [6.45, 7) is 2.28. The number of aliphatic hydroxyl groups excluding tert-OH is 1. The minimum atomic E-state index is -1.78. The largest absolute Gasteiger partial charge is 0.506 e. The number of hydrogen-bond donors (Lipinski definition) is 5. The fourth-order valence-electron chi connectivity index (χ4n) is 7.30. The minimum Gasteiger partial charge on any atom is -0.506 e. The summed E-state index contributed by atoms with van der Waals surface area (Å²) in [5.74, 6) is 0.809. The number of rotatable bonds is 15. The molecule has 0 bridgehead atoms. The molecular formula is C37H41N3O7S3. The van der Waals surface area contributed by atoms with Gasteiger partial charge < -0.3 is 40.0 Å². The highest BCUT2D eigenvalue weighted by molar-refractivity contribution is 7.16. The number of thiazole rings is 1. The molecule has 3 aromatic heterocycles. The molecule has 10 nitrogen and oxygen atoms in total. The molecular weight excluding hydrogens is 695 g/mol. The number of fused-ring (bicyclic) bond motifs is 2. The van der Waals surface area contributed by atoms with Gasteiger partial charge in [0, 0.05) is 43.1 Å². The third-order valence-electron chi connectivity index (χ3n) is 9.96. The number of aromatic nitrogens is 1. The fourth-order valence-corrected chi connectivity index (χ4v) is 9.93. The van der Waals surface area contributed by atoms with E-state index in [2.05, 4.69) is 22.2 Å². The molecule has 13 heteroatoms. The summed E-state index contributed by atoms with van der Waals surface area (Å²) in [4.78, 5) is 31.2. The Kier molecular flexibility index (Phi) is 10.4. The zero-order chi connectivity index (χ0) is 34.8. The number of nitrogens with one attached hydrogen (secondary N) is 2. The number of aliphatic hydroxyl groups is 2. The highest BCUT2D eigenvalue weighted by Gasteiger charge is 2.60. The Balaban J connectivity index is 0.848. The van der Waals surface area contributed by atoms with Crippen LogP contribution < -0.4 is 14.9 Å². The molecule has 2 saturated carbocycles. The smallest absolute Gasteiger partial charge is 0.349 e. The average Bonchev–Trinajstić information content (AvgIpc) is 3.65. The van der Waals surface area contributed by atoms with Crippen LogP contribution in [0.3, 0.4) is 0 Å². The molecule has 264 valence electrons. The third-order valence-corrected chi connectivity index (χ3v) is 12.8. The van der Waals surface area contributed by atoms with Gasteiger partial charge in [0.15, 0.2) is 0 Å². The molecule has 5 aromatic rings. The Labute approximate surface area is 301 Å². The molecule has 0 saturated heterocycles. The van der Waals surface area contributed by atoms with Crippen LogP contribution in [0.4, 0.5) is 0 Å². The number of aromatic hydroxyl groups is 1. The second-order valence-electron chi connectivity index (χ2n) is 13.1. The SMILES string of the molecule is CN(CCCOc1ccc(CNC[C@H](O)c2ccc(O)c3[nH]c(=O)sc23)cc1)[C@@H]1CCCC2C(OC(=O)C(O)(c3cccs3)c3cccs3)C21. The molecule has 5 atom stereocenters. The molecule has 5 N–H and O–H groups in total. The van der Waals surface area contributed by atoms with Gasteiger partial charge in [-0.1, -0.05) is 48.1 Å². The van der Waals surface area contributed by atoms with E-state index in [-0.39, 0.29) is 29.2 Å². The molecule has 7 rings (SSSR count). The van der Waals surface area contributed by atoms with Crippen molar-refractivity contribution in [2.24, 2.45) is 11.8 Å². The Hall–Kier alpha value is -3.56. The van der Waals surface area contributed by atoms with Gasteiger partial charge in [-0.25, -0.2) is 4.79 Å². The number of hydrogen-bond acceptors (Lipinski definition) is 12. The van der Waals surface area contributed by atoms with Crippen LogP contribution in [0.5, 0.6) is 11.5 Å². The maximum Gasteiger partial charge on any atom is 0.349 e. The van der Waals surface area contributed by atoms with E-state index >= 15 is 0 Å². The number of ether oxygens (including phenoxy) is 2. The summed E-state index contributed by atoms with van der Waals surface area (Å²) >= 11 is 3.69. The van der Waals surface area contributed by atoms with Crippen molar-refractivity contribution in [3.8, 4) is 11.5 Å². The molecule has 2 aliphatic carbocycles. The Bertz CT molecular complexity index is 1910. The maximum atomic E-state index is 13.6. The summed E-state index contributed by atoms with van der Waals surface area (Å²) < 4.78 is 12.7. The van der Waals surface area contributed by atoms with E-state index in [4.69, 9.17) is 9.47 Å². The summed E-state index contributed by atoms with van der Waals surface area (Å²) in [5, 5.41) is 39.4. The van der Waals surface area contributed by atoms with E-state index in [9.17, 15) is 24.9 Å². The molecule has 0 amide bonds. The van der Waals surface area contributed by atoms with E-state index in [1.54, 1.807) is 18.2 Å². The number of aromatic amines is 1. The highest BCUT2D eigenvalue weighted by Crippen LogP contribution is 2.54. The number of carbonyl (C=O) groups excluding carboxylic acids is 1. The van der Waals surface area contributed by atoms with Gasteiger partial charge in [-0.3, -0.25) is 4.79 Å². The van der Waals surface area contributed by atoms with Crippen molar-refractivity contribution in [2.75, 3.05) is 26.7 Å². The van der Waals surface area contributed by atoms with Gasteiger partial charge in [0.2, 0.25) is 5.60 Å². The third kappa shape index (κ3) is 7.13. The van der Waals surface area contributed by atoms with Crippen molar-refractivity contribution in [3.05, 3.63) is 102 Å². The van der Waals surface area contributed by atoms with E-state index in [0.717, 1.165) is 54.9 Å². The molecule has 0 spiro atoms. The van der Waals surface area contributed by atoms with E-state index in [1.807, 2.05) is 47.2 Å². The molecule has 0 radical (unpaired) electrons. The van der Waals surface area contributed by atoms with Crippen molar-refractivity contribution in [2.45, 2.75) is 56.1 Å². The molecule has 2 aliphatic rings. The van der Waals surface area contributed by atoms with Gasteiger partial charge in [0.05, 0.1) is 27.2 Å². The summed E-state index contributed by atoms with van der Waals surface area (Å²) in [6.07, 6.45) is 3.04. The summed E-state index contributed by atoms with van der Waals surface area (Å²) in [5.41, 5.74) is 0.215. The zero-order valence-corrected chi connectivity index (χ0v) is 30.1. The van der Waals surface area contributed by atoms with Crippen LogP contribution in [0.1, 0.15) is 52.7 Å². The maximum absolute atomic E-state index is 13.6. The number of phenolic OH excluding ortho intramolecular Hbond substituents is 1. The number of benzene rings is 2. The van der Waals surface area contributed by atoms with Gasteiger partial charge in [-0.15, -0.1) is 22.7 Å². The summed E-state index contributed by atoms with van der Waals surface area (Å²) in [6, 6.07) is 18.6. The monoisotopic (exact) mass is 735 g/mol. The first-order chi connectivity index (χ1) is 24.2. The van der Waals surface area contributed by atoms with E-state index in [1.165, 1.54) is 28.7 Å². The first-order valence-corrected chi connectivity index (χ1v) is 19.5. The first kappa shape index (κ1) is 34.9. The van der Waals surface area contributed by atoms with Gasteiger partial charge in [0.1, 0.15) is 23.1 Å². The standard InChI is InChI=1S/C37H41N3O7S3/c1-40(26-7-2-6-25-31(26)33(25)47-35(43)37(45,29-8-3-18-48-29)30-9-4-19-49-30)16-5-17-46-23-12-10-22(11-13-23)20-38-21-28(42)24-14-15-27(41)32-34(24)50-36(44)39-32/h3-4,8-15,18-19,25-26,28,31,33,38,41-42,45H,2,5-7,16-17,20-21H2,1H3,(H,39,44)/t25?,26-,28+,31?,33?/m1/s1. The molecule has 3 unspecified atom stereocenters. The predicted molar refractivity (Wildman–Crippen MR) is 196 cm³/mol. The van der Waals surface area contributed by atoms with Gasteiger partial charge in [0.25, 0.3) is 0 Å². The van der Waals surface area contributed by atoms with Crippen molar-refractivity contribution < 1.29 is 29.6 Å². The van der Waals surface area contributed by atoms with Crippen LogP contribution in [0.25, 0.3) is 10.2 Å². The number of esters is 1. The summed E-state index contributed by atoms with van der Waals surface area (Å²) in [7, 11) is 2.14. The second-order valence-corrected chi connectivity index (χ2v) is 16.0. The first-order valence-electron chi connectivity index (χ1n) is 16.9. The topological polar surface area (TPSA) is 144 Å². The molecule has 3 heterocycles. The van der Waals surface area contributed by atoms with Crippen molar-refractivity contribution in [3.63, 3.8) is 0 Å². The van der Waals surface area contributed by atoms with Crippen LogP contribution >= 0.6 is 34.0 Å². The van der Waals surface area contributed by atoms with E-state index < -0.39 is 17.7 Å². The Morgan fingerprint density at radius 2 is 1.82 bits per heavy atom. The lowest BCUT2D eigenvalue weighted by atomic mass is 9.94. The van der Waals surface area contributed by atoms with Gasteiger partial charge in [-0.2, -0.15) is 0 Å². The fraction of sp³-hybridized carbons (Fsp3) is 0.405. The lowest BCUT2D eigenvalue weighted by Crippen LogP contribution is -2.39. The van der Waals surface area contributed by atoms with Crippen LogP contribution in [0, 0.1) is 11.8 Å². The molecule has 2 fully saturated rings. The molecule has 0 aliphatic heterocycles. The average molecular weight is 736 g/mol. The van der Waals surface area contributed by atoms with E-state index in [0.29, 0.717) is 50.6 Å².